The smallest absolute Gasteiger partial charge is 0.326 e. The van der Waals surface area contributed by atoms with Crippen LogP contribution in [0.2, 0.25) is 5.02 Å². The highest BCUT2D eigenvalue weighted by atomic mass is 35.5. The first-order valence-electron chi connectivity index (χ1n) is 9.02. The highest BCUT2D eigenvalue weighted by Crippen LogP contribution is 2.31. The number of rotatable bonds is 6. The molecule has 0 bridgehead atoms. The summed E-state index contributed by atoms with van der Waals surface area (Å²) in [6, 6.07) is 9.48. The molecule has 1 atom stereocenters. The van der Waals surface area contributed by atoms with Crippen molar-refractivity contribution in [3.05, 3.63) is 58.1 Å². The Balaban J connectivity index is 1.63. The number of esters is 1. The number of nitrogens with zero attached hydrogens (tertiary/aromatic N) is 1. The number of hydrogen-bond donors (Lipinski definition) is 1. The Morgan fingerprint density at radius 2 is 1.73 bits per heavy atom. The first-order chi connectivity index (χ1) is 14.2. The van der Waals surface area contributed by atoms with E-state index in [2.05, 4.69) is 5.32 Å². The van der Waals surface area contributed by atoms with E-state index >= 15 is 0 Å². The van der Waals surface area contributed by atoms with Crippen LogP contribution in [0.3, 0.4) is 0 Å². The second-order valence-electron chi connectivity index (χ2n) is 6.67. The standard InChI is InChI=1S/C21H19ClN2O6/c1-11-8-16(17(29-3)9-15(11)22)23-19(26)12(2)30-18(25)10-24-20(27)13-6-4-5-7-14(13)21(24)28/h4-9,12H,10H2,1-3H3,(H,23,26). The van der Waals surface area contributed by atoms with Gasteiger partial charge in [-0.05, 0) is 37.6 Å². The molecule has 1 heterocycles. The van der Waals surface area contributed by atoms with Gasteiger partial charge in [0.1, 0.15) is 12.3 Å². The molecule has 9 heteroatoms. The molecule has 0 aliphatic carbocycles. The number of ether oxygens (including phenoxy) is 2. The highest BCUT2D eigenvalue weighted by molar-refractivity contribution is 6.31. The van der Waals surface area contributed by atoms with E-state index in [0.717, 1.165) is 10.5 Å². The molecule has 1 unspecified atom stereocenters. The molecule has 156 valence electrons. The number of anilines is 1. The van der Waals surface area contributed by atoms with Gasteiger partial charge in [0.15, 0.2) is 6.10 Å². The number of halogens is 1. The van der Waals surface area contributed by atoms with Crippen LogP contribution < -0.4 is 10.1 Å². The van der Waals surface area contributed by atoms with Crippen molar-refractivity contribution < 1.29 is 28.7 Å². The fourth-order valence-electron chi connectivity index (χ4n) is 2.96. The van der Waals surface area contributed by atoms with Crippen molar-refractivity contribution in [1.82, 2.24) is 4.90 Å². The Bertz CT molecular complexity index is 1020. The quantitative estimate of drug-likeness (QED) is 0.558. The second kappa shape index (κ2) is 8.54. The van der Waals surface area contributed by atoms with Crippen LogP contribution in [-0.4, -0.2) is 48.3 Å². The summed E-state index contributed by atoms with van der Waals surface area (Å²) in [4.78, 5) is 50.1. The van der Waals surface area contributed by atoms with E-state index in [-0.39, 0.29) is 11.1 Å². The number of fused-ring (bicyclic) bond motifs is 1. The lowest BCUT2D eigenvalue weighted by molar-refractivity contribution is -0.153. The number of amides is 3. The highest BCUT2D eigenvalue weighted by Gasteiger charge is 2.37. The third-order valence-electron chi connectivity index (χ3n) is 4.58. The number of aryl methyl sites for hydroxylation is 1. The summed E-state index contributed by atoms with van der Waals surface area (Å²) in [6.45, 7) is 2.56. The van der Waals surface area contributed by atoms with E-state index < -0.39 is 36.3 Å². The summed E-state index contributed by atoms with van der Waals surface area (Å²) < 4.78 is 10.3. The van der Waals surface area contributed by atoms with Crippen LogP contribution in [0.5, 0.6) is 5.75 Å². The zero-order chi connectivity index (χ0) is 22.0. The van der Waals surface area contributed by atoms with Crippen LogP contribution in [0.15, 0.2) is 36.4 Å². The fourth-order valence-corrected chi connectivity index (χ4v) is 3.12. The summed E-state index contributed by atoms with van der Waals surface area (Å²) in [7, 11) is 1.43. The number of imide groups is 1. The van der Waals surface area contributed by atoms with Crippen LogP contribution in [0.25, 0.3) is 0 Å². The van der Waals surface area contributed by atoms with E-state index in [1.807, 2.05) is 0 Å². The van der Waals surface area contributed by atoms with Crippen molar-refractivity contribution in [3.8, 4) is 5.75 Å². The van der Waals surface area contributed by atoms with Gasteiger partial charge in [-0.1, -0.05) is 23.7 Å². The van der Waals surface area contributed by atoms with Crippen LogP contribution in [0.4, 0.5) is 5.69 Å². The molecular weight excluding hydrogens is 412 g/mol. The molecule has 3 rings (SSSR count). The summed E-state index contributed by atoms with van der Waals surface area (Å²) in [6.07, 6.45) is -1.17. The normalized spacial score (nSPS) is 13.7. The maximum atomic E-state index is 12.4. The Morgan fingerprint density at radius 1 is 1.13 bits per heavy atom. The summed E-state index contributed by atoms with van der Waals surface area (Å²) in [5, 5.41) is 3.09. The van der Waals surface area contributed by atoms with Crippen molar-refractivity contribution in [1.29, 1.82) is 0 Å². The maximum absolute atomic E-state index is 12.4. The van der Waals surface area contributed by atoms with Crippen LogP contribution in [-0.2, 0) is 14.3 Å². The molecule has 0 radical (unpaired) electrons. The Hall–Kier alpha value is -3.39. The number of methoxy groups -OCH3 is 1. The molecule has 30 heavy (non-hydrogen) atoms. The van der Waals surface area contributed by atoms with Crippen molar-refractivity contribution in [2.75, 3.05) is 19.0 Å². The first-order valence-corrected chi connectivity index (χ1v) is 9.40. The Labute approximate surface area is 177 Å². The Kier molecular flexibility index (Phi) is 6.07. The van der Waals surface area contributed by atoms with Gasteiger partial charge in [-0.2, -0.15) is 0 Å². The van der Waals surface area contributed by atoms with Gasteiger partial charge in [0.25, 0.3) is 17.7 Å². The van der Waals surface area contributed by atoms with E-state index in [0.29, 0.717) is 16.5 Å². The molecule has 8 nitrogen and oxygen atoms in total. The second-order valence-corrected chi connectivity index (χ2v) is 7.07. The number of benzene rings is 2. The minimum atomic E-state index is -1.17. The van der Waals surface area contributed by atoms with Gasteiger partial charge < -0.3 is 14.8 Å². The van der Waals surface area contributed by atoms with E-state index in [4.69, 9.17) is 21.1 Å². The third-order valence-corrected chi connectivity index (χ3v) is 4.99. The maximum Gasteiger partial charge on any atom is 0.326 e. The molecule has 0 spiro atoms. The average molecular weight is 431 g/mol. The van der Waals surface area contributed by atoms with Gasteiger partial charge in [-0.3, -0.25) is 24.1 Å². The lowest BCUT2D eigenvalue weighted by Crippen LogP contribution is -2.38. The fraction of sp³-hybridized carbons (Fsp3) is 0.238. The van der Waals surface area contributed by atoms with Gasteiger partial charge >= 0.3 is 5.97 Å². The number of hydrogen-bond acceptors (Lipinski definition) is 6. The third kappa shape index (κ3) is 4.13. The predicted octanol–water partition coefficient (Wildman–Crippen LogP) is 2.82. The average Bonchev–Trinajstić information content (AvgIpc) is 2.95. The lowest BCUT2D eigenvalue weighted by Gasteiger charge is -2.18. The summed E-state index contributed by atoms with van der Waals surface area (Å²) in [5.41, 5.74) is 1.55. The largest absolute Gasteiger partial charge is 0.495 e. The number of carbonyl (C=O) groups is 4. The molecule has 2 aromatic carbocycles. The molecule has 3 amide bonds. The van der Waals surface area contributed by atoms with Crippen LogP contribution in [0.1, 0.15) is 33.2 Å². The zero-order valence-corrected chi connectivity index (χ0v) is 17.3. The lowest BCUT2D eigenvalue weighted by atomic mass is 10.1. The molecule has 0 aromatic heterocycles. The predicted molar refractivity (Wildman–Crippen MR) is 109 cm³/mol. The van der Waals surface area contributed by atoms with Crippen molar-refractivity contribution in [3.63, 3.8) is 0 Å². The van der Waals surface area contributed by atoms with E-state index in [1.54, 1.807) is 31.2 Å². The summed E-state index contributed by atoms with van der Waals surface area (Å²) in [5.74, 6) is -2.29. The molecule has 0 fully saturated rings. The molecule has 0 saturated heterocycles. The molecule has 1 N–H and O–H groups in total. The van der Waals surface area contributed by atoms with Gasteiger partial charge in [0.2, 0.25) is 0 Å². The van der Waals surface area contributed by atoms with Gasteiger partial charge in [-0.15, -0.1) is 0 Å². The van der Waals surface area contributed by atoms with Gasteiger partial charge in [-0.25, -0.2) is 0 Å². The number of carbonyl (C=O) groups excluding carboxylic acids is 4. The van der Waals surface area contributed by atoms with Crippen molar-refractivity contribution in [2.24, 2.45) is 0 Å². The Morgan fingerprint density at radius 3 is 2.30 bits per heavy atom. The monoisotopic (exact) mass is 430 g/mol. The minimum absolute atomic E-state index is 0.228. The topological polar surface area (TPSA) is 102 Å². The number of nitrogens with one attached hydrogen (secondary N) is 1. The summed E-state index contributed by atoms with van der Waals surface area (Å²) >= 11 is 6.05. The van der Waals surface area contributed by atoms with Crippen LogP contribution >= 0.6 is 11.6 Å². The first kappa shape index (κ1) is 21.3. The van der Waals surface area contributed by atoms with Gasteiger partial charge in [0, 0.05) is 11.1 Å². The van der Waals surface area contributed by atoms with Gasteiger partial charge in [0.05, 0.1) is 23.9 Å². The SMILES string of the molecule is COc1cc(Cl)c(C)cc1NC(=O)C(C)OC(=O)CN1C(=O)c2ccccc2C1=O. The molecule has 1 aliphatic rings. The minimum Gasteiger partial charge on any atom is -0.495 e. The van der Waals surface area contributed by atoms with E-state index in [1.165, 1.54) is 26.2 Å². The van der Waals surface area contributed by atoms with Crippen LogP contribution in [0, 0.1) is 6.92 Å². The van der Waals surface area contributed by atoms with E-state index in [9.17, 15) is 19.2 Å². The van der Waals surface area contributed by atoms with Crippen molar-refractivity contribution in [2.45, 2.75) is 20.0 Å². The molecular formula is C21H19ClN2O6. The molecule has 2 aromatic rings. The zero-order valence-electron chi connectivity index (χ0n) is 16.5. The van der Waals surface area contributed by atoms with Crippen molar-refractivity contribution >= 4 is 41.0 Å². The molecule has 0 saturated carbocycles. The molecule has 1 aliphatic heterocycles.